The Hall–Kier alpha value is -3.17. The molecule has 1 aromatic heterocycles. The van der Waals surface area contributed by atoms with E-state index in [4.69, 9.17) is 9.26 Å². The van der Waals surface area contributed by atoms with Crippen molar-refractivity contribution >= 4 is 0 Å². The average Bonchev–Trinajstić information content (AvgIpc) is 3.39. The Morgan fingerprint density at radius 3 is 2.81 bits per heavy atom. The molecule has 2 heterocycles. The maximum Gasteiger partial charge on any atom is 0.258 e. The van der Waals surface area contributed by atoms with Crippen molar-refractivity contribution in [3.63, 3.8) is 0 Å². The number of nitrogens with zero attached hydrogens (tertiary/aromatic N) is 4. The van der Waals surface area contributed by atoms with E-state index < -0.39 is 0 Å². The lowest BCUT2D eigenvalue weighted by Gasteiger charge is -2.42. The SMILES string of the molecule is CC1CN([C@@H]2CCc3c(-c4noc(-c5ccc(OC(C)C)c(C#N)c5)n4)cccc32)C1. The summed E-state index contributed by atoms with van der Waals surface area (Å²) in [5.74, 6) is 2.37. The first-order valence-corrected chi connectivity index (χ1v) is 10.9. The minimum Gasteiger partial charge on any atom is -0.490 e. The fraction of sp³-hybridized carbons (Fsp3) is 0.400. The van der Waals surface area contributed by atoms with Crippen LogP contribution in [0.2, 0.25) is 0 Å². The maximum absolute atomic E-state index is 9.50. The quantitative estimate of drug-likeness (QED) is 0.585. The number of hydrogen-bond donors (Lipinski definition) is 0. The van der Waals surface area contributed by atoms with Gasteiger partial charge in [0, 0.05) is 30.3 Å². The Labute approximate surface area is 182 Å². The van der Waals surface area contributed by atoms with E-state index in [1.807, 2.05) is 19.9 Å². The largest absolute Gasteiger partial charge is 0.490 e. The van der Waals surface area contributed by atoms with Gasteiger partial charge in [-0.2, -0.15) is 10.2 Å². The monoisotopic (exact) mass is 414 g/mol. The van der Waals surface area contributed by atoms with Crippen molar-refractivity contribution in [2.45, 2.75) is 45.8 Å². The van der Waals surface area contributed by atoms with Crippen molar-refractivity contribution in [1.82, 2.24) is 15.0 Å². The van der Waals surface area contributed by atoms with Crippen molar-refractivity contribution < 1.29 is 9.26 Å². The molecule has 0 amide bonds. The molecule has 6 heteroatoms. The molecule has 2 aromatic carbocycles. The first-order chi connectivity index (χ1) is 15.0. The Morgan fingerprint density at radius 1 is 1.23 bits per heavy atom. The molecular weight excluding hydrogens is 388 g/mol. The predicted molar refractivity (Wildman–Crippen MR) is 117 cm³/mol. The number of aromatic nitrogens is 2. The standard InChI is InChI=1S/C25H26N4O2/c1-15(2)30-23-10-7-17(11-18(23)12-26)25-27-24(28-31-25)21-6-4-5-20-19(21)8-9-22(20)29-13-16(3)14-29/h4-7,10-11,15-16,22H,8-9,13-14H2,1-3H3/t22-/m1/s1. The van der Waals surface area contributed by atoms with Gasteiger partial charge in [-0.05, 0) is 61.9 Å². The zero-order chi connectivity index (χ0) is 21.5. The molecule has 2 aliphatic rings. The third kappa shape index (κ3) is 3.60. The van der Waals surface area contributed by atoms with Crippen LogP contribution < -0.4 is 4.74 Å². The molecule has 158 valence electrons. The topological polar surface area (TPSA) is 75.2 Å². The van der Waals surface area contributed by atoms with E-state index in [-0.39, 0.29) is 6.10 Å². The zero-order valence-electron chi connectivity index (χ0n) is 18.1. The van der Waals surface area contributed by atoms with Crippen molar-refractivity contribution in [1.29, 1.82) is 5.26 Å². The third-order valence-electron chi connectivity index (χ3n) is 6.15. The summed E-state index contributed by atoms with van der Waals surface area (Å²) < 4.78 is 11.3. The van der Waals surface area contributed by atoms with Crippen LogP contribution in [0.4, 0.5) is 0 Å². The predicted octanol–water partition coefficient (Wildman–Crippen LogP) is 5.00. The van der Waals surface area contributed by atoms with Crippen LogP contribution in [-0.2, 0) is 6.42 Å². The number of likely N-dealkylation sites (tertiary alicyclic amines) is 1. The second-order valence-corrected chi connectivity index (χ2v) is 8.90. The fourth-order valence-corrected chi connectivity index (χ4v) is 4.78. The molecule has 1 aliphatic carbocycles. The minimum absolute atomic E-state index is 0.00330. The van der Waals surface area contributed by atoms with Gasteiger partial charge in [0.15, 0.2) is 0 Å². The Bertz CT molecular complexity index is 1150. The van der Waals surface area contributed by atoms with Gasteiger partial charge in [-0.1, -0.05) is 30.3 Å². The van der Waals surface area contributed by atoms with Gasteiger partial charge in [0.1, 0.15) is 11.8 Å². The molecule has 5 rings (SSSR count). The second kappa shape index (κ2) is 7.82. The van der Waals surface area contributed by atoms with E-state index in [9.17, 15) is 5.26 Å². The van der Waals surface area contributed by atoms with E-state index >= 15 is 0 Å². The highest BCUT2D eigenvalue weighted by atomic mass is 16.5. The van der Waals surface area contributed by atoms with E-state index in [0.29, 0.717) is 34.6 Å². The number of fused-ring (bicyclic) bond motifs is 1. The van der Waals surface area contributed by atoms with Crippen LogP contribution in [0.15, 0.2) is 40.9 Å². The van der Waals surface area contributed by atoms with Crippen LogP contribution in [0.5, 0.6) is 5.75 Å². The Morgan fingerprint density at radius 2 is 2.06 bits per heavy atom. The fourth-order valence-electron chi connectivity index (χ4n) is 4.78. The van der Waals surface area contributed by atoms with Gasteiger partial charge in [0.05, 0.1) is 11.7 Å². The lowest BCUT2D eigenvalue weighted by atomic mass is 9.96. The highest BCUT2D eigenvalue weighted by Gasteiger charge is 2.35. The van der Waals surface area contributed by atoms with Gasteiger partial charge in [-0.25, -0.2) is 0 Å². The molecule has 1 atom stereocenters. The van der Waals surface area contributed by atoms with Crippen molar-refractivity contribution in [3.05, 3.63) is 53.1 Å². The zero-order valence-corrected chi connectivity index (χ0v) is 18.1. The molecule has 1 fully saturated rings. The van der Waals surface area contributed by atoms with E-state index in [1.165, 1.54) is 24.2 Å². The molecule has 31 heavy (non-hydrogen) atoms. The molecule has 0 unspecified atom stereocenters. The first kappa shape index (κ1) is 19.8. The molecule has 0 N–H and O–H groups in total. The normalized spacial score (nSPS) is 18.6. The molecule has 6 nitrogen and oxygen atoms in total. The van der Waals surface area contributed by atoms with Crippen LogP contribution in [0, 0.1) is 17.2 Å². The Balaban J connectivity index is 1.44. The van der Waals surface area contributed by atoms with Gasteiger partial charge >= 0.3 is 0 Å². The van der Waals surface area contributed by atoms with E-state index in [0.717, 1.165) is 24.3 Å². The van der Waals surface area contributed by atoms with Gasteiger partial charge in [-0.3, -0.25) is 4.90 Å². The van der Waals surface area contributed by atoms with Crippen LogP contribution in [-0.4, -0.2) is 34.2 Å². The van der Waals surface area contributed by atoms with Crippen LogP contribution >= 0.6 is 0 Å². The lowest BCUT2D eigenvalue weighted by molar-refractivity contribution is 0.0624. The highest BCUT2D eigenvalue weighted by Crippen LogP contribution is 2.42. The number of ether oxygens (including phenoxy) is 1. The minimum atomic E-state index is -0.00330. The van der Waals surface area contributed by atoms with Crippen LogP contribution in [0.3, 0.4) is 0 Å². The summed E-state index contributed by atoms with van der Waals surface area (Å²) in [6.45, 7) is 8.54. The van der Waals surface area contributed by atoms with Crippen molar-refractivity contribution in [2.75, 3.05) is 13.1 Å². The van der Waals surface area contributed by atoms with Gasteiger partial charge in [-0.15, -0.1) is 0 Å². The van der Waals surface area contributed by atoms with E-state index in [2.05, 4.69) is 46.2 Å². The number of hydrogen-bond acceptors (Lipinski definition) is 6. The number of rotatable bonds is 5. The average molecular weight is 415 g/mol. The molecule has 0 saturated carbocycles. The van der Waals surface area contributed by atoms with Gasteiger partial charge in [0.25, 0.3) is 5.89 Å². The first-order valence-electron chi connectivity index (χ1n) is 10.9. The summed E-state index contributed by atoms with van der Waals surface area (Å²) in [5, 5.41) is 13.8. The van der Waals surface area contributed by atoms with Crippen LogP contribution in [0.25, 0.3) is 22.8 Å². The van der Waals surface area contributed by atoms with Crippen molar-refractivity contribution in [2.24, 2.45) is 5.92 Å². The molecule has 1 saturated heterocycles. The highest BCUT2D eigenvalue weighted by molar-refractivity contribution is 5.67. The summed E-state index contributed by atoms with van der Waals surface area (Å²) in [4.78, 5) is 7.24. The third-order valence-corrected chi connectivity index (χ3v) is 6.15. The Kier molecular flexibility index (Phi) is 4.99. The lowest BCUT2D eigenvalue weighted by Crippen LogP contribution is -2.46. The molecule has 3 aromatic rings. The summed E-state index contributed by atoms with van der Waals surface area (Å²) in [7, 11) is 0. The van der Waals surface area contributed by atoms with Gasteiger partial charge in [0.2, 0.25) is 5.82 Å². The summed E-state index contributed by atoms with van der Waals surface area (Å²) in [6.07, 6.45) is 2.17. The van der Waals surface area contributed by atoms with E-state index in [1.54, 1.807) is 12.1 Å². The molecular formula is C25H26N4O2. The number of nitriles is 1. The smallest absolute Gasteiger partial charge is 0.258 e. The van der Waals surface area contributed by atoms with Crippen LogP contribution in [0.1, 0.15) is 49.9 Å². The summed E-state index contributed by atoms with van der Waals surface area (Å²) >= 11 is 0. The maximum atomic E-state index is 9.50. The molecule has 0 spiro atoms. The van der Waals surface area contributed by atoms with Crippen molar-refractivity contribution in [3.8, 4) is 34.7 Å². The van der Waals surface area contributed by atoms with Gasteiger partial charge < -0.3 is 9.26 Å². The molecule has 0 bridgehead atoms. The summed E-state index contributed by atoms with van der Waals surface area (Å²) in [5.41, 5.74) is 4.95. The molecule has 1 aliphatic heterocycles. The molecule has 0 radical (unpaired) electrons. The second-order valence-electron chi connectivity index (χ2n) is 8.90. The summed E-state index contributed by atoms with van der Waals surface area (Å²) in [6, 6.07) is 14.5. The number of benzene rings is 2.